The number of amides is 1. The van der Waals surface area contributed by atoms with E-state index in [1.54, 1.807) is 20.8 Å². The summed E-state index contributed by atoms with van der Waals surface area (Å²) in [7, 11) is 0. The lowest BCUT2D eigenvalue weighted by Gasteiger charge is -2.21. The van der Waals surface area contributed by atoms with Crippen LogP contribution in [0.2, 0.25) is 0 Å². The normalized spacial score (nSPS) is 12.6. The Morgan fingerprint density at radius 3 is 2.88 bits per heavy atom. The van der Waals surface area contributed by atoms with Crippen molar-refractivity contribution in [3.8, 4) is 12.3 Å². The molecule has 92 valence electrons. The summed E-state index contributed by atoms with van der Waals surface area (Å²) in [6.45, 7) is 5.37. The van der Waals surface area contributed by atoms with Crippen molar-refractivity contribution in [2.24, 2.45) is 0 Å². The van der Waals surface area contributed by atoms with Gasteiger partial charge in [-0.25, -0.2) is 9.78 Å². The first-order valence-electron chi connectivity index (χ1n) is 5.20. The van der Waals surface area contributed by atoms with Crippen LogP contribution in [0.4, 0.5) is 4.79 Å². The summed E-state index contributed by atoms with van der Waals surface area (Å²) >= 11 is 0. The Morgan fingerprint density at radius 2 is 2.41 bits per heavy atom. The van der Waals surface area contributed by atoms with Crippen LogP contribution < -0.4 is 5.32 Å². The van der Waals surface area contributed by atoms with Crippen molar-refractivity contribution in [1.82, 2.24) is 20.5 Å². The van der Waals surface area contributed by atoms with Gasteiger partial charge in [0.2, 0.25) is 0 Å². The number of carbonyl (C=O) groups is 1. The Labute approximate surface area is 100 Å². The Balaban J connectivity index is 2.63. The molecule has 1 atom stereocenters. The van der Waals surface area contributed by atoms with Gasteiger partial charge in [0.25, 0.3) is 0 Å². The Morgan fingerprint density at radius 1 is 1.71 bits per heavy atom. The van der Waals surface area contributed by atoms with Crippen molar-refractivity contribution < 1.29 is 9.53 Å². The fraction of sp³-hybridized carbons (Fsp3) is 0.545. The number of ether oxygens (including phenoxy) is 1. The number of aromatic nitrogens is 3. The molecule has 1 unspecified atom stereocenters. The standard InChI is InChI=1S/C11H16N4O2/c1-5-6-8(9-12-7-13-15-9)14-10(16)17-11(2,3)4/h1,7-8H,6H2,2-4H3,(H,14,16)(H,12,13,15). The molecule has 0 spiro atoms. The van der Waals surface area contributed by atoms with E-state index in [1.165, 1.54) is 6.33 Å². The highest BCUT2D eigenvalue weighted by atomic mass is 16.6. The molecule has 0 radical (unpaired) electrons. The molecule has 1 heterocycles. The number of carbonyl (C=O) groups excluding carboxylic acids is 1. The van der Waals surface area contributed by atoms with Gasteiger partial charge in [-0.1, -0.05) is 0 Å². The van der Waals surface area contributed by atoms with Crippen LogP contribution in [0.15, 0.2) is 6.33 Å². The average molecular weight is 236 g/mol. The van der Waals surface area contributed by atoms with E-state index < -0.39 is 17.7 Å². The summed E-state index contributed by atoms with van der Waals surface area (Å²) < 4.78 is 5.13. The van der Waals surface area contributed by atoms with Crippen LogP contribution in [0.1, 0.15) is 39.1 Å². The molecular weight excluding hydrogens is 220 g/mol. The Hall–Kier alpha value is -2.03. The Bertz CT molecular complexity index is 400. The molecule has 2 N–H and O–H groups in total. The third-order valence-electron chi connectivity index (χ3n) is 1.78. The molecule has 0 aliphatic rings. The van der Waals surface area contributed by atoms with Gasteiger partial charge >= 0.3 is 6.09 Å². The second-order valence-corrected chi connectivity index (χ2v) is 4.48. The number of alkyl carbamates (subject to hydrolysis) is 1. The predicted molar refractivity (Wildman–Crippen MR) is 61.9 cm³/mol. The molecule has 0 bridgehead atoms. The topological polar surface area (TPSA) is 79.9 Å². The maximum Gasteiger partial charge on any atom is 0.408 e. The summed E-state index contributed by atoms with van der Waals surface area (Å²) in [6, 6.07) is -0.419. The maximum absolute atomic E-state index is 11.6. The molecule has 6 heteroatoms. The van der Waals surface area contributed by atoms with Crippen molar-refractivity contribution in [2.45, 2.75) is 38.8 Å². The second kappa shape index (κ2) is 5.34. The molecule has 1 amide bonds. The summed E-state index contributed by atoms with van der Waals surface area (Å²) in [5.74, 6) is 2.97. The quantitative estimate of drug-likeness (QED) is 0.777. The number of aromatic amines is 1. The van der Waals surface area contributed by atoms with Gasteiger partial charge in [-0.15, -0.1) is 12.3 Å². The molecule has 1 aromatic heterocycles. The van der Waals surface area contributed by atoms with Crippen molar-refractivity contribution in [3.05, 3.63) is 12.2 Å². The first kappa shape index (κ1) is 13.0. The number of nitrogens with one attached hydrogen (secondary N) is 2. The summed E-state index contributed by atoms with van der Waals surface area (Å²) in [6.07, 6.45) is 6.37. The molecule has 0 aliphatic carbocycles. The van der Waals surface area contributed by atoms with Crippen molar-refractivity contribution in [2.75, 3.05) is 0 Å². The lowest BCUT2D eigenvalue weighted by molar-refractivity contribution is 0.0502. The van der Waals surface area contributed by atoms with Crippen LogP contribution in [0.3, 0.4) is 0 Å². The third-order valence-corrected chi connectivity index (χ3v) is 1.78. The Kier molecular flexibility index (Phi) is 4.10. The molecule has 1 aromatic rings. The highest BCUT2D eigenvalue weighted by Gasteiger charge is 2.21. The fourth-order valence-corrected chi connectivity index (χ4v) is 1.17. The molecule has 0 saturated heterocycles. The van der Waals surface area contributed by atoms with E-state index in [9.17, 15) is 4.79 Å². The van der Waals surface area contributed by atoms with Crippen molar-refractivity contribution >= 4 is 6.09 Å². The molecule has 0 fully saturated rings. The van der Waals surface area contributed by atoms with Crippen LogP contribution in [-0.2, 0) is 4.74 Å². The average Bonchev–Trinajstić information content (AvgIpc) is 2.66. The molecule has 0 aliphatic heterocycles. The minimum Gasteiger partial charge on any atom is -0.444 e. The largest absolute Gasteiger partial charge is 0.444 e. The van der Waals surface area contributed by atoms with Gasteiger partial charge < -0.3 is 10.1 Å². The van der Waals surface area contributed by atoms with E-state index in [2.05, 4.69) is 26.4 Å². The predicted octanol–water partition coefficient (Wildman–Crippen LogP) is 1.39. The fourth-order valence-electron chi connectivity index (χ4n) is 1.17. The zero-order valence-electron chi connectivity index (χ0n) is 10.2. The SMILES string of the molecule is C#CCC(NC(=O)OC(C)(C)C)c1ncn[nH]1. The lowest BCUT2D eigenvalue weighted by atomic mass is 10.2. The van der Waals surface area contributed by atoms with Gasteiger partial charge in [0, 0.05) is 6.42 Å². The molecule has 1 rings (SSSR count). The van der Waals surface area contributed by atoms with E-state index in [0.29, 0.717) is 12.2 Å². The summed E-state index contributed by atoms with van der Waals surface area (Å²) in [5, 5.41) is 9.01. The number of hydrogen-bond donors (Lipinski definition) is 2. The summed E-state index contributed by atoms with van der Waals surface area (Å²) in [5.41, 5.74) is -0.549. The molecule has 0 saturated carbocycles. The monoisotopic (exact) mass is 236 g/mol. The van der Waals surface area contributed by atoms with Gasteiger partial charge in [-0.2, -0.15) is 5.10 Å². The zero-order chi connectivity index (χ0) is 12.9. The molecular formula is C11H16N4O2. The number of rotatable bonds is 3. The number of nitrogens with zero attached hydrogens (tertiary/aromatic N) is 2. The van der Waals surface area contributed by atoms with Gasteiger partial charge in [0.05, 0.1) is 0 Å². The number of hydrogen-bond acceptors (Lipinski definition) is 4. The van der Waals surface area contributed by atoms with Gasteiger partial charge in [-0.3, -0.25) is 5.10 Å². The minimum absolute atomic E-state index is 0.314. The van der Waals surface area contributed by atoms with E-state index in [4.69, 9.17) is 11.2 Å². The smallest absolute Gasteiger partial charge is 0.408 e. The number of terminal acetylenes is 1. The van der Waals surface area contributed by atoms with Crippen molar-refractivity contribution in [3.63, 3.8) is 0 Å². The third kappa shape index (κ3) is 4.55. The second-order valence-electron chi connectivity index (χ2n) is 4.48. The molecule has 17 heavy (non-hydrogen) atoms. The van der Waals surface area contributed by atoms with E-state index in [-0.39, 0.29) is 0 Å². The van der Waals surface area contributed by atoms with Crippen LogP contribution >= 0.6 is 0 Å². The van der Waals surface area contributed by atoms with Crippen LogP contribution in [0.25, 0.3) is 0 Å². The van der Waals surface area contributed by atoms with Crippen LogP contribution in [0, 0.1) is 12.3 Å². The minimum atomic E-state index is -0.549. The molecule has 0 aromatic carbocycles. The zero-order valence-corrected chi connectivity index (χ0v) is 10.2. The first-order chi connectivity index (χ1) is 7.92. The van der Waals surface area contributed by atoms with E-state index in [1.807, 2.05) is 0 Å². The van der Waals surface area contributed by atoms with Gasteiger partial charge in [0.15, 0.2) is 0 Å². The maximum atomic E-state index is 11.6. The first-order valence-corrected chi connectivity index (χ1v) is 5.20. The van der Waals surface area contributed by atoms with E-state index in [0.717, 1.165) is 0 Å². The van der Waals surface area contributed by atoms with Gasteiger partial charge in [-0.05, 0) is 20.8 Å². The van der Waals surface area contributed by atoms with Crippen LogP contribution in [-0.4, -0.2) is 26.9 Å². The van der Waals surface area contributed by atoms with E-state index >= 15 is 0 Å². The highest BCUT2D eigenvalue weighted by Crippen LogP contribution is 2.13. The van der Waals surface area contributed by atoms with Crippen LogP contribution in [0.5, 0.6) is 0 Å². The summed E-state index contributed by atoms with van der Waals surface area (Å²) in [4.78, 5) is 15.5. The molecule has 6 nitrogen and oxygen atoms in total. The highest BCUT2D eigenvalue weighted by molar-refractivity contribution is 5.68. The lowest BCUT2D eigenvalue weighted by Crippen LogP contribution is -2.35. The number of H-pyrrole nitrogens is 1. The van der Waals surface area contributed by atoms with Crippen molar-refractivity contribution in [1.29, 1.82) is 0 Å². The van der Waals surface area contributed by atoms with Gasteiger partial charge in [0.1, 0.15) is 23.8 Å².